The normalized spacial score (nSPS) is 39.7. The molecule has 3 saturated carbocycles. The lowest BCUT2D eigenvalue weighted by atomic mass is 10.0. The second kappa shape index (κ2) is 4.14. The van der Waals surface area contributed by atoms with Gasteiger partial charge in [-0.3, -0.25) is 0 Å². The van der Waals surface area contributed by atoms with Crippen LogP contribution in [0.4, 0.5) is 0 Å². The zero-order chi connectivity index (χ0) is 13.1. The highest BCUT2D eigenvalue weighted by atomic mass is 16.6. The van der Waals surface area contributed by atoms with Crippen LogP contribution >= 0.6 is 0 Å². The van der Waals surface area contributed by atoms with Gasteiger partial charge in [-0.25, -0.2) is 0 Å². The molecule has 1 aromatic carbocycles. The van der Waals surface area contributed by atoms with Crippen LogP contribution in [-0.4, -0.2) is 19.3 Å². The number of benzene rings is 1. The molecule has 0 saturated heterocycles. The number of hydrogen-bond donors (Lipinski definition) is 1. The Balaban J connectivity index is 1.25. The van der Waals surface area contributed by atoms with E-state index in [1.165, 1.54) is 24.8 Å². The Kier molecular flexibility index (Phi) is 2.37. The van der Waals surface area contributed by atoms with Crippen molar-refractivity contribution in [3.8, 4) is 11.5 Å². The molecule has 0 aromatic heterocycles. The van der Waals surface area contributed by atoms with Gasteiger partial charge in [0, 0.05) is 12.6 Å². The highest BCUT2D eigenvalue weighted by molar-refractivity contribution is 5.43. The fraction of sp³-hybridized carbons (Fsp3) is 0.647. The summed E-state index contributed by atoms with van der Waals surface area (Å²) >= 11 is 0. The molecular weight excluding hydrogens is 250 g/mol. The number of fused-ring (bicyclic) bond motifs is 6. The fourth-order valence-corrected chi connectivity index (χ4v) is 5.03. The third kappa shape index (κ3) is 1.62. The second-order valence-corrected chi connectivity index (χ2v) is 6.87. The monoisotopic (exact) mass is 271 g/mol. The molecule has 106 valence electrons. The summed E-state index contributed by atoms with van der Waals surface area (Å²) in [5, 5.41) is 3.79. The predicted molar refractivity (Wildman–Crippen MR) is 75.9 cm³/mol. The van der Waals surface area contributed by atoms with E-state index in [1.54, 1.807) is 0 Å². The van der Waals surface area contributed by atoms with E-state index in [0.29, 0.717) is 13.2 Å². The maximum Gasteiger partial charge on any atom is 0.161 e. The molecule has 3 fully saturated rings. The predicted octanol–water partition coefficient (Wildman–Crippen LogP) is 2.59. The van der Waals surface area contributed by atoms with E-state index in [1.807, 2.05) is 6.07 Å². The van der Waals surface area contributed by atoms with Crippen LogP contribution in [0.1, 0.15) is 24.8 Å². The standard InChI is InChI=1S/C17H21NO2/c1-4-13-14(20-6-5-19-13)7-10(1)9-18-17-15-11-2-3-12(8-11)16(15)17/h1,4,7,11-12,15-18H,2-3,5-6,8-9H2. The average Bonchev–Trinajstić information content (AvgIpc) is 2.88. The van der Waals surface area contributed by atoms with Crippen LogP contribution < -0.4 is 14.8 Å². The van der Waals surface area contributed by atoms with Gasteiger partial charge in [0.25, 0.3) is 0 Å². The lowest BCUT2D eigenvalue weighted by Gasteiger charge is -2.19. The minimum Gasteiger partial charge on any atom is -0.486 e. The minimum atomic E-state index is 0.665. The van der Waals surface area contributed by atoms with E-state index < -0.39 is 0 Å². The topological polar surface area (TPSA) is 30.5 Å². The van der Waals surface area contributed by atoms with Gasteiger partial charge in [-0.1, -0.05) is 6.07 Å². The van der Waals surface area contributed by atoms with Gasteiger partial charge >= 0.3 is 0 Å². The molecular formula is C17H21NO2. The van der Waals surface area contributed by atoms with Gasteiger partial charge in [0.15, 0.2) is 11.5 Å². The number of hydrogen-bond acceptors (Lipinski definition) is 3. The van der Waals surface area contributed by atoms with Crippen LogP contribution in [0.2, 0.25) is 0 Å². The van der Waals surface area contributed by atoms with E-state index in [-0.39, 0.29) is 0 Å². The third-order valence-corrected chi connectivity index (χ3v) is 5.88. The number of rotatable bonds is 3. The zero-order valence-electron chi connectivity index (χ0n) is 11.7. The quantitative estimate of drug-likeness (QED) is 0.916. The Labute approximate surface area is 119 Å². The Morgan fingerprint density at radius 2 is 1.75 bits per heavy atom. The first-order chi connectivity index (χ1) is 9.90. The number of nitrogens with one attached hydrogen (secondary N) is 1. The Hall–Kier alpha value is -1.22. The lowest BCUT2D eigenvalue weighted by molar-refractivity contribution is 0.171. The third-order valence-electron chi connectivity index (χ3n) is 5.88. The summed E-state index contributed by atoms with van der Waals surface area (Å²) in [6.07, 6.45) is 4.51. The minimum absolute atomic E-state index is 0.665. The first-order valence-electron chi connectivity index (χ1n) is 8.02. The highest BCUT2D eigenvalue weighted by Gasteiger charge is 2.64. The molecule has 20 heavy (non-hydrogen) atoms. The van der Waals surface area contributed by atoms with Crippen LogP contribution in [0.3, 0.4) is 0 Å². The maximum absolute atomic E-state index is 5.65. The van der Waals surface area contributed by atoms with E-state index in [9.17, 15) is 0 Å². The molecule has 1 N–H and O–H groups in total. The summed E-state index contributed by atoms with van der Waals surface area (Å²) in [4.78, 5) is 0. The molecule has 3 aliphatic carbocycles. The van der Waals surface area contributed by atoms with Gasteiger partial charge in [0.2, 0.25) is 0 Å². The van der Waals surface area contributed by atoms with Crippen LogP contribution in [0.15, 0.2) is 18.2 Å². The van der Waals surface area contributed by atoms with Crippen molar-refractivity contribution in [2.45, 2.75) is 31.8 Å². The van der Waals surface area contributed by atoms with Gasteiger partial charge in [0.1, 0.15) is 13.2 Å². The highest BCUT2D eigenvalue weighted by Crippen LogP contribution is 2.65. The van der Waals surface area contributed by atoms with Crippen LogP contribution in [0, 0.1) is 23.7 Å². The van der Waals surface area contributed by atoms with Crippen molar-refractivity contribution in [1.82, 2.24) is 5.32 Å². The van der Waals surface area contributed by atoms with E-state index in [2.05, 4.69) is 17.4 Å². The molecule has 1 heterocycles. The Bertz CT molecular complexity index is 528. The Morgan fingerprint density at radius 3 is 2.55 bits per heavy atom. The summed E-state index contributed by atoms with van der Waals surface area (Å²) in [6.45, 7) is 2.30. The van der Waals surface area contributed by atoms with Crippen molar-refractivity contribution in [1.29, 1.82) is 0 Å². The van der Waals surface area contributed by atoms with Crippen molar-refractivity contribution >= 4 is 0 Å². The number of ether oxygens (including phenoxy) is 2. The molecule has 0 spiro atoms. The molecule has 1 aromatic rings. The van der Waals surface area contributed by atoms with E-state index in [4.69, 9.17) is 9.47 Å². The van der Waals surface area contributed by atoms with Gasteiger partial charge in [-0.05, 0) is 60.6 Å². The SMILES string of the molecule is c1cc2c(cc1CNC1C3C4CCC(C4)C13)OCCO2. The molecule has 4 atom stereocenters. The van der Waals surface area contributed by atoms with Gasteiger partial charge < -0.3 is 14.8 Å². The summed E-state index contributed by atoms with van der Waals surface area (Å²) in [5.41, 5.74) is 1.31. The van der Waals surface area contributed by atoms with Gasteiger partial charge in [-0.2, -0.15) is 0 Å². The van der Waals surface area contributed by atoms with E-state index in [0.717, 1.165) is 47.8 Å². The molecule has 3 heteroatoms. The molecule has 4 unspecified atom stereocenters. The van der Waals surface area contributed by atoms with Crippen molar-refractivity contribution in [3.63, 3.8) is 0 Å². The molecule has 3 nitrogen and oxygen atoms in total. The van der Waals surface area contributed by atoms with Gasteiger partial charge in [0.05, 0.1) is 0 Å². The first kappa shape index (κ1) is 11.4. The second-order valence-electron chi connectivity index (χ2n) is 6.87. The van der Waals surface area contributed by atoms with Crippen molar-refractivity contribution < 1.29 is 9.47 Å². The average molecular weight is 271 g/mol. The largest absolute Gasteiger partial charge is 0.486 e. The van der Waals surface area contributed by atoms with Crippen LogP contribution in [0.5, 0.6) is 11.5 Å². The summed E-state index contributed by atoms with van der Waals surface area (Å²) in [5.74, 6) is 5.90. The molecule has 1 aliphatic heterocycles. The zero-order valence-corrected chi connectivity index (χ0v) is 11.7. The summed E-state index contributed by atoms with van der Waals surface area (Å²) in [6, 6.07) is 7.14. The molecule has 5 rings (SSSR count). The molecule has 2 bridgehead atoms. The van der Waals surface area contributed by atoms with Gasteiger partial charge in [-0.15, -0.1) is 0 Å². The smallest absolute Gasteiger partial charge is 0.161 e. The van der Waals surface area contributed by atoms with Crippen LogP contribution in [-0.2, 0) is 6.54 Å². The van der Waals surface area contributed by atoms with E-state index >= 15 is 0 Å². The molecule has 0 amide bonds. The maximum atomic E-state index is 5.65. The first-order valence-corrected chi connectivity index (χ1v) is 8.02. The fourth-order valence-electron chi connectivity index (χ4n) is 5.03. The Morgan fingerprint density at radius 1 is 1.00 bits per heavy atom. The molecule has 0 radical (unpaired) electrons. The summed E-state index contributed by atoms with van der Waals surface area (Å²) in [7, 11) is 0. The van der Waals surface area contributed by atoms with Crippen molar-refractivity contribution in [2.75, 3.05) is 13.2 Å². The van der Waals surface area contributed by atoms with Crippen molar-refractivity contribution in [2.24, 2.45) is 23.7 Å². The summed E-state index contributed by atoms with van der Waals surface area (Å²) < 4.78 is 11.2. The van der Waals surface area contributed by atoms with Crippen molar-refractivity contribution in [3.05, 3.63) is 23.8 Å². The lowest BCUT2D eigenvalue weighted by Crippen LogP contribution is -2.22. The molecule has 4 aliphatic rings. The van der Waals surface area contributed by atoms with Crippen LogP contribution in [0.25, 0.3) is 0 Å².